The first-order valence-corrected chi connectivity index (χ1v) is 10.6. The monoisotopic (exact) mass is 443 g/mol. The summed E-state index contributed by atoms with van der Waals surface area (Å²) in [4.78, 5) is 22.5. The molecule has 31 heavy (non-hydrogen) atoms. The van der Waals surface area contributed by atoms with Crippen LogP contribution in [0.15, 0.2) is 33.8 Å². The third-order valence-electron chi connectivity index (χ3n) is 6.18. The summed E-state index contributed by atoms with van der Waals surface area (Å²) >= 11 is 6.19. The molecular formula is C21H22ClN5O4. The standard InChI is InChI=1S/C21H22ClN5O4/c1-12(10-28)27-15-9-13(22)5-6-14(15)26-11-23-16(17(26)19(27)29)18-24-20(31-25-18)21(30-2)7-3-4-8-21/h5-6,9,11-12,28H,3-4,7-8,10H2,1-2H3. The number of hydrogen-bond acceptors (Lipinski definition) is 7. The average Bonchev–Trinajstić information content (AvgIpc) is 3.52. The highest BCUT2D eigenvalue weighted by molar-refractivity contribution is 6.31. The van der Waals surface area contributed by atoms with E-state index >= 15 is 0 Å². The van der Waals surface area contributed by atoms with E-state index < -0.39 is 11.6 Å². The molecule has 162 valence electrons. The average molecular weight is 444 g/mol. The maximum absolute atomic E-state index is 13.5. The fraction of sp³-hybridized carbons (Fsp3) is 0.429. The molecule has 0 amide bonds. The number of methoxy groups -OCH3 is 1. The topological polar surface area (TPSA) is 108 Å². The van der Waals surface area contributed by atoms with E-state index in [0.717, 1.165) is 31.2 Å². The molecule has 1 aliphatic carbocycles. The van der Waals surface area contributed by atoms with Crippen molar-refractivity contribution < 1.29 is 14.4 Å². The minimum atomic E-state index is -0.587. The van der Waals surface area contributed by atoms with Crippen LogP contribution in [0.25, 0.3) is 28.1 Å². The zero-order valence-electron chi connectivity index (χ0n) is 17.2. The Balaban J connectivity index is 1.75. The van der Waals surface area contributed by atoms with Gasteiger partial charge in [0.2, 0.25) is 5.82 Å². The van der Waals surface area contributed by atoms with Crippen molar-refractivity contribution in [2.75, 3.05) is 13.7 Å². The highest BCUT2D eigenvalue weighted by Gasteiger charge is 2.41. The number of halogens is 1. The Bertz CT molecular complexity index is 1340. The van der Waals surface area contributed by atoms with Crippen LogP contribution >= 0.6 is 11.6 Å². The number of aliphatic hydroxyl groups excluding tert-OH is 1. The van der Waals surface area contributed by atoms with Crippen molar-refractivity contribution in [3.05, 3.63) is 45.8 Å². The van der Waals surface area contributed by atoms with Crippen LogP contribution in [0.4, 0.5) is 0 Å². The molecule has 1 atom stereocenters. The Morgan fingerprint density at radius 2 is 2.10 bits per heavy atom. The Hall–Kier alpha value is -2.75. The smallest absolute Gasteiger partial charge is 0.278 e. The number of hydrogen-bond donors (Lipinski definition) is 1. The summed E-state index contributed by atoms with van der Waals surface area (Å²) in [6.07, 6.45) is 5.23. The molecule has 5 rings (SSSR count). The number of ether oxygens (including phenoxy) is 1. The largest absolute Gasteiger partial charge is 0.394 e. The molecule has 1 aromatic carbocycles. The Kier molecular flexibility index (Phi) is 4.84. The fourth-order valence-corrected chi connectivity index (χ4v) is 4.66. The molecule has 10 heteroatoms. The lowest BCUT2D eigenvalue weighted by molar-refractivity contribution is -0.0342. The minimum Gasteiger partial charge on any atom is -0.394 e. The van der Waals surface area contributed by atoms with Crippen molar-refractivity contribution in [2.24, 2.45) is 0 Å². The molecule has 0 saturated heterocycles. The molecule has 1 fully saturated rings. The van der Waals surface area contributed by atoms with Crippen molar-refractivity contribution in [3.63, 3.8) is 0 Å². The van der Waals surface area contributed by atoms with E-state index in [1.165, 1.54) is 4.57 Å². The number of imidazole rings is 1. The van der Waals surface area contributed by atoms with Crippen molar-refractivity contribution in [2.45, 2.75) is 44.2 Å². The van der Waals surface area contributed by atoms with Crippen LogP contribution in [0.2, 0.25) is 5.02 Å². The van der Waals surface area contributed by atoms with Gasteiger partial charge >= 0.3 is 0 Å². The second-order valence-electron chi connectivity index (χ2n) is 7.98. The summed E-state index contributed by atoms with van der Waals surface area (Å²) in [5.41, 5.74) is 1.05. The molecule has 9 nitrogen and oxygen atoms in total. The van der Waals surface area contributed by atoms with E-state index in [1.807, 2.05) is 6.07 Å². The molecule has 1 unspecified atom stereocenters. The van der Waals surface area contributed by atoms with E-state index in [2.05, 4.69) is 15.1 Å². The van der Waals surface area contributed by atoms with Gasteiger partial charge in [-0.1, -0.05) is 16.8 Å². The summed E-state index contributed by atoms with van der Waals surface area (Å²) in [5, 5.41) is 14.4. The minimum absolute atomic E-state index is 0.204. The highest BCUT2D eigenvalue weighted by Crippen LogP contribution is 2.41. The first-order valence-electron chi connectivity index (χ1n) is 10.2. The summed E-state index contributed by atoms with van der Waals surface area (Å²) in [6, 6.07) is 4.81. The highest BCUT2D eigenvalue weighted by atomic mass is 35.5. The Labute approximate surface area is 182 Å². The van der Waals surface area contributed by atoms with Gasteiger partial charge in [-0.05, 0) is 50.8 Å². The molecule has 1 saturated carbocycles. The number of fused-ring (bicyclic) bond motifs is 3. The second-order valence-corrected chi connectivity index (χ2v) is 8.42. The van der Waals surface area contributed by atoms with Gasteiger partial charge in [-0.25, -0.2) is 4.98 Å². The Morgan fingerprint density at radius 3 is 2.81 bits per heavy atom. The normalized spacial score (nSPS) is 17.0. The van der Waals surface area contributed by atoms with Crippen LogP contribution in [0.1, 0.15) is 44.5 Å². The van der Waals surface area contributed by atoms with Gasteiger partial charge < -0.3 is 14.4 Å². The lowest BCUT2D eigenvalue weighted by Crippen LogP contribution is -2.27. The van der Waals surface area contributed by atoms with Crippen LogP contribution in [-0.4, -0.2) is 42.9 Å². The third-order valence-corrected chi connectivity index (χ3v) is 6.42. The number of aliphatic hydroxyl groups is 1. The number of benzene rings is 1. The molecule has 0 spiro atoms. The van der Waals surface area contributed by atoms with E-state index in [-0.39, 0.29) is 18.0 Å². The summed E-state index contributed by atoms with van der Waals surface area (Å²) in [5.74, 6) is 0.634. The van der Waals surface area contributed by atoms with Gasteiger partial charge in [-0.2, -0.15) is 4.98 Å². The van der Waals surface area contributed by atoms with Crippen molar-refractivity contribution in [3.8, 4) is 11.5 Å². The van der Waals surface area contributed by atoms with Crippen LogP contribution < -0.4 is 5.56 Å². The van der Waals surface area contributed by atoms with Gasteiger partial charge in [-0.15, -0.1) is 0 Å². The van der Waals surface area contributed by atoms with Gasteiger partial charge in [0.15, 0.2) is 0 Å². The number of rotatable bonds is 5. The van der Waals surface area contributed by atoms with Gasteiger partial charge in [0, 0.05) is 12.1 Å². The SMILES string of the molecule is COC1(c2nc(-c3ncn4c3c(=O)n(C(C)CO)c3cc(Cl)ccc34)no2)CCCC1. The zero-order chi connectivity index (χ0) is 21.8. The summed E-state index contributed by atoms with van der Waals surface area (Å²) in [7, 11) is 1.65. The van der Waals surface area contributed by atoms with Gasteiger partial charge in [0.05, 0.1) is 23.7 Å². The molecule has 1 N–H and O–H groups in total. The van der Waals surface area contributed by atoms with E-state index in [0.29, 0.717) is 27.6 Å². The molecular weight excluding hydrogens is 422 g/mol. The summed E-state index contributed by atoms with van der Waals surface area (Å²) in [6.45, 7) is 1.56. The van der Waals surface area contributed by atoms with Crippen molar-refractivity contribution in [1.29, 1.82) is 0 Å². The lowest BCUT2D eigenvalue weighted by atomic mass is 10.0. The molecule has 0 bridgehead atoms. The molecule has 4 aromatic rings. The zero-order valence-corrected chi connectivity index (χ0v) is 18.0. The lowest BCUT2D eigenvalue weighted by Gasteiger charge is -2.22. The van der Waals surface area contributed by atoms with Crippen LogP contribution in [0, 0.1) is 0 Å². The predicted molar refractivity (Wildman–Crippen MR) is 114 cm³/mol. The van der Waals surface area contributed by atoms with E-state index in [4.69, 9.17) is 20.9 Å². The maximum atomic E-state index is 13.5. The van der Waals surface area contributed by atoms with Crippen molar-refractivity contribution >= 4 is 28.2 Å². The molecule has 0 aliphatic heterocycles. The van der Waals surface area contributed by atoms with Gasteiger partial charge in [0.1, 0.15) is 23.1 Å². The summed E-state index contributed by atoms with van der Waals surface area (Å²) < 4.78 is 14.5. The first kappa shape index (κ1) is 20.2. The van der Waals surface area contributed by atoms with Crippen molar-refractivity contribution in [1.82, 2.24) is 24.1 Å². The third kappa shape index (κ3) is 2.99. The quantitative estimate of drug-likeness (QED) is 0.504. The second kappa shape index (κ2) is 7.44. The van der Waals surface area contributed by atoms with E-state index in [9.17, 15) is 9.90 Å². The van der Waals surface area contributed by atoms with Gasteiger partial charge in [0.25, 0.3) is 11.4 Å². The predicted octanol–water partition coefficient (Wildman–Crippen LogP) is 3.32. The molecule has 0 radical (unpaired) electrons. The van der Waals surface area contributed by atoms with Crippen LogP contribution in [0.5, 0.6) is 0 Å². The number of nitrogens with zero attached hydrogens (tertiary/aromatic N) is 5. The van der Waals surface area contributed by atoms with Gasteiger partial charge in [-0.3, -0.25) is 13.8 Å². The molecule has 1 aliphatic rings. The Morgan fingerprint density at radius 1 is 1.32 bits per heavy atom. The fourth-order valence-electron chi connectivity index (χ4n) is 4.49. The van der Waals surface area contributed by atoms with Crippen LogP contribution in [0.3, 0.4) is 0 Å². The maximum Gasteiger partial charge on any atom is 0.278 e. The first-order chi connectivity index (χ1) is 15.0. The van der Waals surface area contributed by atoms with E-state index in [1.54, 1.807) is 36.9 Å². The molecule has 3 aromatic heterocycles. The van der Waals surface area contributed by atoms with Crippen LogP contribution in [-0.2, 0) is 10.3 Å². The number of aromatic nitrogens is 5. The molecule has 3 heterocycles.